The molecule has 0 fully saturated rings. The van der Waals surface area contributed by atoms with Crippen molar-refractivity contribution in [2.75, 3.05) is 0 Å². The molecule has 14 rings (SSSR count). The Hall–Kier alpha value is -8.25. The van der Waals surface area contributed by atoms with Crippen LogP contribution in [0.4, 0.5) is 0 Å². The first-order valence-corrected chi connectivity index (χ1v) is 23.5. The van der Waals surface area contributed by atoms with Crippen LogP contribution in [0.25, 0.3) is 136 Å². The van der Waals surface area contributed by atoms with E-state index in [1.807, 2.05) is 25.2 Å². The van der Waals surface area contributed by atoms with Crippen molar-refractivity contribution < 1.29 is 0 Å². The monoisotopic (exact) mass is 860 g/mol. The van der Waals surface area contributed by atoms with Gasteiger partial charge in [0.1, 0.15) is 0 Å². The minimum atomic E-state index is 0.573. The van der Waals surface area contributed by atoms with Gasteiger partial charge in [0.25, 0.3) is 0 Å². The summed E-state index contributed by atoms with van der Waals surface area (Å²) >= 11 is 1.87. The van der Waals surface area contributed by atoms with Crippen molar-refractivity contribution in [2.45, 2.75) is 13.8 Å². The Labute approximate surface area is 384 Å². The largest absolute Gasteiger partial charge is 0.277 e. The Kier molecular flexibility index (Phi) is 8.80. The quantitative estimate of drug-likeness (QED) is 0.166. The van der Waals surface area contributed by atoms with Gasteiger partial charge in [0, 0.05) is 58.6 Å². The van der Waals surface area contributed by atoms with E-state index in [1.165, 1.54) is 68.8 Å². The molecule has 3 aromatic heterocycles. The van der Waals surface area contributed by atoms with Gasteiger partial charge in [0.15, 0.2) is 11.6 Å². The molecule has 0 radical (unpaired) electrons. The molecule has 0 aliphatic rings. The van der Waals surface area contributed by atoms with Crippen LogP contribution in [0.2, 0.25) is 0 Å². The van der Waals surface area contributed by atoms with E-state index in [2.05, 4.69) is 211 Å². The summed E-state index contributed by atoms with van der Waals surface area (Å²) in [5.41, 5.74) is 6.32. The summed E-state index contributed by atoms with van der Waals surface area (Å²) in [6.45, 7) is 4.00. The SMILES string of the molecule is CC.c1ccc2cc(-c3nc(-c4ccc5ccccc5c4)nc(-n4c5c(-c6cccc7c6sc6ccc8ccccc8c67)cccc5c5c6ccccc6c6ccccc6c54)n3)ccc2c1. The highest BCUT2D eigenvalue weighted by Gasteiger charge is 2.25. The van der Waals surface area contributed by atoms with E-state index < -0.39 is 0 Å². The van der Waals surface area contributed by atoms with Crippen molar-refractivity contribution in [1.82, 2.24) is 19.5 Å². The molecule has 3 heterocycles. The van der Waals surface area contributed by atoms with E-state index in [0.29, 0.717) is 17.6 Å². The van der Waals surface area contributed by atoms with Gasteiger partial charge in [-0.2, -0.15) is 9.97 Å². The summed E-state index contributed by atoms with van der Waals surface area (Å²) in [6, 6.07) is 74.4. The van der Waals surface area contributed by atoms with Gasteiger partial charge in [-0.3, -0.25) is 4.57 Å². The van der Waals surface area contributed by atoms with Crippen LogP contribution in [0, 0.1) is 0 Å². The molecule has 0 atom stereocenters. The first kappa shape index (κ1) is 38.2. The Morgan fingerprint density at radius 2 is 0.848 bits per heavy atom. The van der Waals surface area contributed by atoms with Gasteiger partial charge >= 0.3 is 0 Å². The zero-order chi connectivity index (χ0) is 43.9. The van der Waals surface area contributed by atoms with E-state index in [1.54, 1.807) is 0 Å². The molecule has 0 unspecified atom stereocenters. The molecule has 0 saturated heterocycles. The predicted octanol–water partition coefficient (Wildman–Crippen LogP) is 17.1. The number of hydrogen-bond acceptors (Lipinski definition) is 4. The highest BCUT2D eigenvalue weighted by molar-refractivity contribution is 7.26. The average Bonchev–Trinajstić information content (AvgIpc) is 3.96. The second-order valence-electron chi connectivity index (χ2n) is 16.7. The van der Waals surface area contributed by atoms with Crippen molar-refractivity contribution in [3.63, 3.8) is 0 Å². The molecule has 11 aromatic carbocycles. The van der Waals surface area contributed by atoms with Crippen molar-refractivity contribution in [3.05, 3.63) is 206 Å². The van der Waals surface area contributed by atoms with Crippen LogP contribution < -0.4 is 0 Å². The Morgan fingerprint density at radius 3 is 1.52 bits per heavy atom. The maximum absolute atomic E-state index is 5.54. The number of para-hydroxylation sites is 1. The van der Waals surface area contributed by atoms with Crippen LogP contribution in [-0.4, -0.2) is 19.5 Å². The van der Waals surface area contributed by atoms with Gasteiger partial charge in [-0.1, -0.05) is 202 Å². The van der Waals surface area contributed by atoms with Gasteiger partial charge in [-0.15, -0.1) is 11.3 Å². The number of hydrogen-bond donors (Lipinski definition) is 0. The standard InChI is InChI=1S/C59H34N4S.C2H6/c1-3-16-38-33-40(29-27-35(38)13-1)57-60-58(41-30-28-36-14-2-4-17-39(36)34-41)62-59(61-57)63-54-47(48-24-12-26-50-52-42-18-6-5-15-37(42)31-32-51(52)64-56(48)50)23-11-25-49(54)53-45-21-9-7-19-43(45)44-20-8-10-22-46(44)55(53)63;1-2/h1-34H;1-2H3. The molecule has 0 aliphatic heterocycles. The van der Waals surface area contributed by atoms with Crippen LogP contribution in [0.5, 0.6) is 0 Å². The number of nitrogens with zero attached hydrogens (tertiary/aromatic N) is 4. The highest BCUT2D eigenvalue weighted by Crippen LogP contribution is 2.48. The lowest BCUT2D eigenvalue weighted by Crippen LogP contribution is -2.07. The Morgan fingerprint density at radius 1 is 0.348 bits per heavy atom. The molecule has 66 heavy (non-hydrogen) atoms. The maximum Gasteiger partial charge on any atom is 0.238 e. The van der Waals surface area contributed by atoms with Crippen molar-refractivity contribution in [1.29, 1.82) is 0 Å². The van der Waals surface area contributed by atoms with Gasteiger partial charge in [0.2, 0.25) is 5.95 Å². The zero-order valence-corrected chi connectivity index (χ0v) is 37.1. The van der Waals surface area contributed by atoms with E-state index >= 15 is 0 Å². The molecular weight excluding hydrogens is 821 g/mol. The average molecular weight is 861 g/mol. The number of benzene rings is 11. The molecule has 0 saturated carbocycles. The number of rotatable bonds is 4. The van der Waals surface area contributed by atoms with E-state index in [-0.39, 0.29) is 0 Å². The third-order valence-corrected chi connectivity index (χ3v) is 14.4. The third kappa shape index (κ3) is 5.80. The summed E-state index contributed by atoms with van der Waals surface area (Å²) in [5.74, 6) is 1.81. The second-order valence-corrected chi connectivity index (χ2v) is 17.8. The van der Waals surface area contributed by atoms with Gasteiger partial charge in [-0.05, 0) is 66.7 Å². The normalized spacial score (nSPS) is 11.8. The lowest BCUT2D eigenvalue weighted by Gasteiger charge is -2.15. The molecule has 310 valence electrons. The van der Waals surface area contributed by atoms with Crippen molar-refractivity contribution in [2.24, 2.45) is 0 Å². The van der Waals surface area contributed by atoms with Crippen LogP contribution >= 0.6 is 11.3 Å². The molecular formula is C61H40N4S. The van der Waals surface area contributed by atoms with Crippen LogP contribution in [0.15, 0.2) is 206 Å². The van der Waals surface area contributed by atoms with Crippen LogP contribution in [-0.2, 0) is 0 Å². The zero-order valence-electron chi connectivity index (χ0n) is 36.3. The lowest BCUT2D eigenvalue weighted by molar-refractivity contribution is 0.956. The van der Waals surface area contributed by atoms with Gasteiger partial charge < -0.3 is 0 Å². The Bertz CT molecular complexity index is 4180. The van der Waals surface area contributed by atoms with Crippen molar-refractivity contribution in [3.8, 4) is 39.9 Å². The lowest BCUT2D eigenvalue weighted by atomic mass is 9.95. The fraction of sp³-hybridized carbons (Fsp3) is 0.0328. The molecule has 0 bridgehead atoms. The van der Waals surface area contributed by atoms with Gasteiger partial charge in [-0.25, -0.2) is 4.98 Å². The summed E-state index contributed by atoms with van der Waals surface area (Å²) in [7, 11) is 0. The molecule has 5 heteroatoms. The number of aromatic nitrogens is 4. The first-order chi connectivity index (χ1) is 32.7. The number of thiophene rings is 1. The first-order valence-electron chi connectivity index (χ1n) is 22.7. The van der Waals surface area contributed by atoms with Crippen LogP contribution in [0.3, 0.4) is 0 Å². The van der Waals surface area contributed by atoms with E-state index in [9.17, 15) is 0 Å². The third-order valence-electron chi connectivity index (χ3n) is 13.2. The fourth-order valence-corrected chi connectivity index (χ4v) is 11.5. The molecule has 4 nitrogen and oxygen atoms in total. The van der Waals surface area contributed by atoms with E-state index in [4.69, 9.17) is 15.0 Å². The number of fused-ring (bicyclic) bond motifs is 15. The predicted molar refractivity (Wildman–Crippen MR) is 282 cm³/mol. The molecule has 0 N–H and O–H groups in total. The summed E-state index contributed by atoms with van der Waals surface area (Å²) in [5, 5.41) is 16.8. The fourth-order valence-electron chi connectivity index (χ4n) is 10.3. The van der Waals surface area contributed by atoms with Gasteiger partial charge in [0.05, 0.1) is 11.0 Å². The second kappa shape index (κ2) is 15.2. The summed E-state index contributed by atoms with van der Waals surface area (Å²) < 4.78 is 4.90. The maximum atomic E-state index is 5.54. The minimum Gasteiger partial charge on any atom is -0.277 e. The van der Waals surface area contributed by atoms with E-state index in [0.717, 1.165) is 49.3 Å². The van der Waals surface area contributed by atoms with Crippen molar-refractivity contribution >= 4 is 107 Å². The smallest absolute Gasteiger partial charge is 0.238 e. The molecule has 0 spiro atoms. The van der Waals surface area contributed by atoms with Crippen LogP contribution in [0.1, 0.15) is 13.8 Å². The minimum absolute atomic E-state index is 0.573. The Balaban J connectivity index is 0.00000215. The molecule has 0 amide bonds. The summed E-state index contributed by atoms with van der Waals surface area (Å²) in [6.07, 6.45) is 0. The topological polar surface area (TPSA) is 43.6 Å². The summed E-state index contributed by atoms with van der Waals surface area (Å²) in [4.78, 5) is 16.4. The molecule has 0 aliphatic carbocycles. The molecule has 14 aromatic rings. The highest BCUT2D eigenvalue weighted by atomic mass is 32.1.